The van der Waals surface area contributed by atoms with Gasteiger partial charge >= 0.3 is 0 Å². The molecule has 0 radical (unpaired) electrons. The molecular weight excluding hydrogens is 495 g/mol. The number of rotatable bonds is 5. The van der Waals surface area contributed by atoms with E-state index in [4.69, 9.17) is 16.6 Å². The number of hydrogen-bond donors (Lipinski definition) is 2. The fourth-order valence-corrected chi connectivity index (χ4v) is 6.89. The number of hydrogen-bond acceptors (Lipinski definition) is 7. The van der Waals surface area contributed by atoms with Gasteiger partial charge in [-0.3, -0.25) is 15.0 Å². The highest BCUT2D eigenvalue weighted by Crippen LogP contribution is 2.42. The quantitative estimate of drug-likeness (QED) is 0.427. The monoisotopic (exact) mass is 520 g/mol. The van der Waals surface area contributed by atoms with Gasteiger partial charge in [-0.25, -0.2) is 9.37 Å². The van der Waals surface area contributed by atoms with Gasteiger partial charge in [0.25, 0.3) is 5.91 Å². The van der Waals surface area contributed by atoms with Crippen LogP contribution in [0.3, 0.4) is 0 Å². The van der Waals surface area contributed by atoms with Crippen LogP contribution in [0.2, 0.25) is 5.02 Å². The average Bonchev–Trinajstić information content (AvgIpc) is 3.47. The van der Waals surface area contributed by atoms with Gasteiger partial charge in [-0.1, -0.05) is 42.2 Å². The van der Waals surface area contributed by atoms with Gasteiger partial charge in [-0.2, -0.15) is 0 Å². The molecule has 2 fully saturated rings. The summed E-state index contributed by atoms with van der Waals surface area (Å²) in [6, 6.07) is 6.16. The van der Waals surface area contributed by atoms with E-state index >= 15 is 0 Å². The number of thiophene rings is 1. The number of piperazine rings is 1. The summed E-state index contributed by atoms with van der Waals surface area (Å²) >= 11 is 9.14. The molecule has 0 bridgehead atoms. The molecule has 1 aliphatic heterocycles. The van der Waals surface area contributed by atoms with Crippen molar-refractivity contribution in [1.82, 2.24) is 9.88 Å². The summed E-state index contributed by atoms with van der Waals surface area (Å²) in [5, 5.41) is 16.2. The van der Waals surface area contributed by atoms with Crippen LogP contribution in [0.25, 0.3) is 10.6 Å². The number of nitrogens with one attached hydrogen (secondary N) is 1. The third-order valence-electron chi connectivity index (χ3n) is 6.53. The molecule has 2 aromatic heterocycles. The Bertz CT molecular complexity index is 1170. The molecule has 6 nitrogen and oxygen atoms in total. The Labute approximate surface area is 211 Å². The summed E-state index contributed by atoms with van der Waals surface area (Å²) in [5.74, 6) is -1.80. The second-order valence-electron chi connectivity index (χ2n) is 8.74. The maximum atomic E-state index is 13.7. The molecule has 3 heterocycles. The van der Waals surface area contributed by atoms with E-state index < -0.39 is 17.5 Å². The molecule has 1 aliphatic carbocycles. The Balaban J connectivity index is 1.36. The summed E-state index contributed by atoms with van der Waals surface area (Å²) in [5.41, 5.74) is 0.925. The number of phenolic OH excluding ortho intramolecular Hbond substituents is 1. The average molecular weight is 521 g/mol. The molecule has 10 heteroatoms. The number of amides is 1. The molecule has 0 atom stereocenters. The van der Waals surface area contributed by atoms with Crippen LogP contribution >= 0.6 is 34.3 Å². The highest BCUT2D eigenvalue weighted by atomic mass is 35.5. The third kappa shape index (κ3) is 5.07. The van der Waals surface area contributed by atoms with Crippen molar-refractivity contribution in [2.45, 2.75) is 38.1 Å². The van der Waals surface area contributed by atoms with Crippen LogP contribution in [0.4, 0.5) is 14.5 Å². The smallest absolute Gasteiger partial charge is 0.257 e. The molecule has 3 aromatic rings. The van der Waals surface area contributed by atoms with Crippen molar-refractivity contribution in [3.05, 3.63) is 46.0 Å². The Morgan fingerprint density at radius 3 is 2.59 bits per heavy atom. The van der Waals surface area contributed by atoms with E-state index in [0.717, 1.165) is 47.8 Å². The summed E-state index contributed by atoms with van der Waals surface area (Å²) in [6.07, 6.45) is 6.62. The number of nitrogens with zero attached hydrogens (tertiary/aromatic N) is 3. The van der Waals surface area contributed by atoms with E-state index in [2.05, 4.69) is 15.1 Å². The number of phenols is 1. The van der Waals surface area contributed by atoms with E-state index in [1.165, 1.54) is 66.9 Å². The van der Waals surface area contributed by atoms with E-state index in [0.29, 0.717) is 16.2 Å². The van der Waals surface area contributed by atoms with Gasteiger partial charge in [-0.05, 0) is 37.1 Å². The molecule has 0 unspecified atom stereocenters. The van der Waals surface area contributed by atoms with Crippen LogP contribution in [0.15, 0.2) is 29.6 Å². The van der Waals surface area contributed by atoms with Gasteiger partial charge in [0, 0.05) is 43.2 Å². The molecule has 1 amide bonds. The number of benzene rings is 1. The minimum atomic E-state index is -0.836. The van der Waals surface area contributed by atoms with Crippen molar-refractivity contribution in [3.8, 4) is 16.3 Å². The zero-order valence-corrected chi connectivity index (χ0v) is 21.0. The van der Waals surface area contributed by atoms with Gasteiger partial charge < -0.3 is 10.0 Å². The molecule has 1 saturated carbocycles. The Hall–Kier alpha value is -2.20. The predicted octanol–water partition coefficient (Wildman–Crippen LogP) is 6.08. The van der Waals surface area contributed by atoms with Crippen LogP contribution in [0.5, 0.6) is 5.75 Å². The number of anilines is 2. The lowest BCUT2D eigenvalue weighted by atomic mass is 9.94. The van der Waals surface area contributed by atoms with Crippen LogP contribution in [-0.4, -0.2) is 53.1 Å². The molecule has 180 valence electrons. The first-order valence-electron chi connectivity index (χ1n) is 11.5. The first kappa shape index (κ1) is 23.5. The SMILES string of the molecule is O=C(Nc1nc(-c2cc(Cl)cs2)c(N2CCN(C3CCCCC3)CC2)s1)c1ccc(O)c(F)c1. The Morgan fingerprint density at radius 2 is 1.91 bits per heavy atom. The zero-order valence-electron chi connectivity index (χ0n) is 18.6. The molecule has 1 saturated heterocycles. The van der Waals surface area contributed by atoms with Gasteiger partial charge in [0.2, 0.25) is 0 Å². The number of carbonyl (C=O) groups excluding carboxylic acids is 1. The molecule has 0 spiro atoms. The molecule has 5 rings (SSSR count). The number of aromatic nitrogens is 1. The van der Waals surface area contributed by atoms with Gasteiger partial charge in [-0.15, -0.1) is 11.3 Å². The van der Waals surface area contributed by atoms with Crippen molar-refractivity contribution in [1.29, 1.82) is 0 Å². The first-order chi connectivity index (χ1) is 16.5. The van der Waals surface area contributed by atoms with Crippen molar-refractivity contribution in [2.75, 3.05) is 36.4 Å². The van der Waals surface area contributed by atoms with Crippen molar-refractivity contribution in [3.63, 3.8) is 0 Å². The second-order valence-corrected chi connectivity index (χ2v) is 11.1. The lowest BCUT2D eigenvalue weighted by Crippen LogP contribution is -2.50. The minimum Gasteiger partial charge on any atom is -0.505 e. The second kappa shape index (κ2) is 10.2. The lowest BCUT2D eigenvalue weighted by molar-refractivity contribution is 0.102. The van der Waals surface area contributed by atoms with Crippen LogP contribution < -0.4 is 10.2 Å². The largest absolute Gasteiger partial charge is 0.505 e. The summed E-state index contributed by atoms with van der Waals surface area (Å²) in [4.78, 5) is 23.3. The minimum absolute atomic E-state index is 0.119. The summed E-state index contributed by atoms with van der Waals surface area (Å²) in [6.45, 7) is 3.84. The van der Waals surface area contributed by atoms with Gasteiger partial charge in [0.1, 0.15) is 10.7 Å². The molecule has 2 N–H and O–H groups in total. The summed E-state index contributed by atoms with van der Waals surface area (Å²) < 4.78 is 13.7. The zero-order chi connectivity index (χ0) is 23.7. The Morgan fingerprint density at radius 1 is 1.15 bits per heavy atom. The van der Waals surface area contributed by atoms with Gasteiger partial charge in [0.15, 0.2) is 16.7 Å². The van der Waals surface area contributed by atoms with E-state index in [1.807, 2.05) is 11.4 Å². The predicted molar refractivity (Wildman–Crippen MR) is 137 cm³/mol. The maximum Gasteiger partial charge on any atom is 0.257 e. The van der Waals surface area contributed by atoms with E-state index in [-0.39, 0.29) is 5.56 Å². The number of thiazole rings is 1. The van der Waals surface area contributed by atoms with Gasteiger partial charge in [0.05, 0.1) is 9.90 Å². The standard InChI is InChI=1S/C24H26ClFN4O2S2/c25-16-13-20(33-14-16)21-23(30-10-8-29(9-11-30)17-4-2-1-3-5-17)34-24(27-21)28-22(32)15-6-7-19(31)18(26)12-15/h6-7,12-14,17,31H,1-5,8-11H2,(H,27,28,32). The van der Waals surface area contributed by atoms with Crippen molar-refractivity contribution in [2.24, 2.45) is 0 Å². The molecule has 34 heavy (non-hydrogen) atoms. The first-order valence-corrected chi connectivity index (χ1v) is 13.6. The van der Waals surface area contributed by atoms with Crippen LogP contribution in [-0.2, 0) is 0 Å². The molecule has 1 aromatic carbocycles. The highest BCUT2D eigenvalue weighted by molar-refractivity contribution is 7.21. The number of aromatic hydroxyl groups is 1. The maximum absolute atomic E-state index is 13.7. The number of halogens is 2. The fraction of sp³-hybridized carbons (Fsp3) is 0.417. The van der Waals surface area contributed by atoms with E-state index in [9.17, 15) is 14.3 Å². The topological polar surface area (TPSA) is 68.7 Å². The fourth-order valence-electron chi connectivity index (χ4n) is 4.73. The third-order valence-corrected chi connectivity index (χ3v) is 8.85. The van der Waals surface area contributed by atoms with Crippen molar-refractivity contribution < 1.29 is 14.3 Å². The van der Waals surface area contributed by atoms with E-state index in [1.54, 1.807) is 0 Å². The normalized spacial score (nSPS) is 17.8. The summed E-state index contributed by atoms with van der Waals surface area (Å²) in [7, 11) is 0. The van der Waals surface area contributed by atoms with Crippen LogP contribution in [0.1, 0.15) is 42.5 Å². The molecule has 2 aliphatic rings. The molecular formula is C24H26ClFN4O2S2. The van der Waals surface area contributed by atoms with Crippen molar-refractivity contribution >= 4 is 50.3 Å². The Kier molecular flexibility index (Phi) is 7.06. The number of carbonyl (C=O) groups is 1. The lowest BCUT2D eigenvalue weighted by Gasteiger charge is -2.41. The highest BCUT2D eigenvalue weighted by Gasteiger charge is 2.28. The van der Waals surface area contributed by atoms with Crippen LogP contribution in [0, 0.1) is 5.82 Å².